The first-order chi connectivity index (χ1) is 5.24. The number of rotatable bonds is 2. The number of pyridine rings is 1. The van der Waals surface area contributed by atoms with Crippen LogP contribution in [0.15, 0.2) is 31.0 Å². The van der Waals surface area contributed by atoms with Crippen molar-refractivity contribution in [2.45, 2.75) is 6.04 Å². The van der Waals surface area contributed by atoms with E-state index in [2.05, 4.69) is 11.6 Å². The van der Waals surface area contributed by atoms with Crippen LogP contribution in [-0.2, 0) is 0 Å². The van der Waals surface area contributed by atoms with Crippen molar-refractivity contribution < 1.29 is 0 Å². The molecule has 0 bridgehead atoms. The molecular formula is C8H11N3. The molecule has 0 unspecified atom stereocenters. The Balaban J connectivity index is 2.89. The van der Waals surface area contributed by atoms with Gasteiger partial charge in [-0.1, -0.05) is 6.08 Å². The average Bonchev–Trinajstić information content (AvgIpc) is 2.05. The summed E-state index contributed by atoms with van der Waals surface area (Å²) in [5, 5.41) is 0. The molecule has 0 aromatic carbocycles. The van der Waals surface area contributed by atoms with Crippen molar-refractivity contribution in [1.82, 2.24) is 4.98 Å². The number of nitrogen functional groups attached to an aromatic ring is 1. The molecule has 4 N–H and O–H groups in total. The summed E-state index contributed by atoms with van der Waals surface area (Å²) in [5.74, 6) is 0. The van der Waals surface area contributed by atoms with E-state index >= 15 is 0 Å². The maximum atomic E-state index is 5.62. The van der Waals surface area contributed by atoms with Crippen LogP contribution in [0.4, 0.5) is 5.69 Å². The number of hydrogen-bond acceptors (Lipinski definition) is 3. The van der Waals surface area contributed by atoms with Gasteiger partial charge in [0.2, 0.25) is 0 Å². The largest absolute Gasteiger partial charge is 0.397 e. The monoisotopic (exact) mass is 149 g/mol. The lowest BCUT2D eigenvalue weighted by Crippen LogP contribution is -2.08. The molecule has 0 aliphatic heterocycles. The zero-order chi connectivity index (χ0) is 8.27. The first-order valence-corrected chi connectivity index (χ1v) is 3.33. The summed E-state index contributed by atoms with van der Waals surface area (Å²) in [6.07, 6.45) is 3.22. The number of hydrogen-bond donors (Lipinski definition) is 2. The number of aromatic nitrogens is 1. The lowest BCUT2D eigenvalue weighted by molar-refractivity contribution is 0.865. The van der Waals surface area contributed by atoms with Crippen molar-refractivity contribution in [3.05, 3.63) is 36.7 Å². The van der Waals surface area contributed by atoms with E-state index < -0.39 is 0 Å². The van der Waals surface area contributed by atoms with Crippen molar-refractivity contribution in [1.29, 1.82) is 0 Å². The van der Waals surface area contributed by atoms with Crippen LogP contribution in [0.3, 0.4) is 0 Å². The summed E-state index contributed by atoms with van der Waals surface area (Å²) in [6, 6.07) is 3.36. The second kappa shape index (κ2) is 3.16. The number of nitrogens with two attached hydrogens (primary N) is 2. The zero-order valence-corrected chi connectivity index (χ0v) is 6.20. The molecule has 11 heavy (non-hydrogen) atoms. The fourth-order valence-corrected chi connectivity index (χ4v) is 0.735. The van der Waals surface area contributed by atoms with Gasteiger partial charge in [-0.05, 0) is 12.1 Å². The zero-order valence-electron chi connectivity index (χ0n) is 6.20. The maximum Gasteiger partial charge on any atom is 0.0653 e. The van der Waals surface area contributed by atoms with Gasteiger partial charge in [0.05, 0.1) is 23.6 Å². The van der Waals surface area contributed by atoms with Gasteiger partial charge in [-0.25, -0.2) is 0 Å². The fourth-order valence-electron chi connectivity index (χ4n) is 0.735. The molecule has 0 spiro atoms. The summed E-state index contributed by atoms with van der Waals surface area (Å²) in [5.41, 5.74) is 12.5. The summed E-state index contributed by atoms with van der Waals surface area (Å²) >= 11 is 0. The van der Waals surface area contributed by atoms with Crippen LogP contribution in [0, 0.1) is 0 Å². The summed E-state index contributed by atoms with van der Waals surface area (Å²) < 4.78 is 0. The van der Waals surface area contributed by atoms with Crippen LogP contribution in [0.5, 0.6) is 0 Å². The van der Waals surface area contributed by atoms with Gasteiger partial charge in [0.25, 0.3) is 0 Å². The Morgan fingerprint density at radius 1 is 1.55 bits per heavy atom. The third-order valence-corrected chi connectivity index (χ3v) is 1.40. The molecule has 0 fully saturated rings. The Hall–Kier alpha value is -1.35. The van der Waals surface area contributed by atoms with Gasteiger partial charge < -0.3 is 11.5 Å². The highest BCUT2D eigenvalue weighted by Gasteiger charge is 2.00. The quantitative estimate of drug-likeness (QED) is 0.612. The molecule has 3 heteroatoms. The van der Waals surface area contributed by atoms with Crippen LogP contribution >= 0.6 is 0 Å². The van der Waals surface area contributed by atoms with Gasteiger partial charge in [0.1, 0.15) is 0 Å². The third kappa shape index (κ3) is 1.78. The minimum Gasteiger partial charge on any atom is -0.397 e. The second-order valence-electron chi connectivity index (χ2n) is 2.28. The molecule has 0 radical (unpaired) electrons. The predicted octanol–water partition coefficient (Wildman–Crippen LogP) is 0.850. The molecule has 0 amide bonds. The smallest absolute Gasteiger partial charge is 0.0653 e. The van der Waals surface area contributed by atoms with E-state index in [0.717, 1.165) is 5.69 Å². The summed E-state index contributed by atoms with van der Waals surface area (Å²) in [4.78, 5) is 4.03. The molecule has 1 rings (SSSR count). The molecule has 0 aliphatic carbocycles. The van der Waals surface area contributed by atoms with Crippen molar-refractivity contribution in [2.24, 2.45) is 5.73 Å². The molecule has 0 aliphatic rings. The SMILES string of the molecule is C=C[C@@H](N)c1ccc(N)cn1. The highest BCUT2D eigenvalue weighted by molar-refractivity contribution is 5.35. The lowest BCUT2D eigenvalue weighted by atomic mass is 10.2. The Morgan fingerprint density at radius 3 is 2.73 bits per heavy atom. The molecule has 1 aromatic heterocycles. The first kappa shape index (κ1) is 7.75. The Bertz CT molecular complexity index is 240. The standard InChI is InChI=1S/C8H11N3/c1-2-7(10)8-4-3-6(9)5-11-8/h2-5,7H,1,9-10H2/t7-/m1/s1. The Morgan fingerprint density at radius 2 is 2.27 bits per heavy atom. The van der Waals surface area contributed by atoms with Crippen LogP contribution < -0.4 is 11.5 Å². The Kier molecular flexibility index (Phi) is 2.23. The van der Waals surface area contributed by atoms with Gasteiger partial charge >= 0.3 is 0 Å². The molecular weight excluding hydrogens is 138 g/mol. The van der Waals surface area contributed by atoms with E-state index in [1.54, 1.807) is 24.4 Å². The topological polar surface area (TPSA) is 64.9 Å². The minimum absolute atomic E-state index is 0.199. The van der Waals surface area contributed by atoms with Crippen molar-refractivity contribution >= 4 is 5.69 Å². The van der Waals surface area contributed by atoms with Crippen molar-refractivity contribution in [3.63, 3.8) is 0 Å². The van der Waals surface area contributed by atoms with Crippen LogP contribution in [0.2, 0.25) is 0 Å². The number of anilines is 1. The first-order valence-electron chi connectivity index (χ1n) is 3.33. The third-order valence-electron chi connectivity index (χ3n) is 1.40. The average molecular weight is 149 g/mol. The molecule has 0 saturated heterocycles. The fraction of sp³-hybridized carbons (Fsp3) is 0.125. The molecule has 3 nitrogen and oxygen atoms in total. The molecule has 1 heterocycles. The highest BCUT2D eigenvalue weighted by Crippen LogP contribution is 2.08. The molecule has 1 atom stereocenters. The van der Waals surface area contributed by atoms with Crippen LogP contribution in [-0.4, -0.2) is 4.98 Å². The van der Waals surface area contributed by atoms with E-state index in [4.69, 9.17) is 11.5 Å². The Labute approximate surface area is 65.7 Å². The second-order valence-corrected chi connectivity index (χ2v) is 2.28. The van der Waals surface area contributed by atoms with Crippen molar-refractivity contribution in [2.75, 3.05) is 5.73 Å². The van der Waals surface area contributed by atoms with E-state index in [1.807, 2.05) is 0 Å². The van der Waals surface area contributed by atoms with Gasteiger partial charge in [-0.15, -0.1) is 6.58 Å². The summed E-state index contributed by atoms with van der Waals surface area (Å²) in [7, 11) is 0. The van der Waals surface area contributed by atoms with E-state index in [1.165, 1.54) is 0 Å². The highest BCUT2D eigenvalue weighted by atomic mass is 14.8. The van der Waals surface area contributed by atoms with Crippen molar-refractivity contribution in [3.8, 4) is 0 Å². The van der Waals surface area contributed by atoms with E-state index in [9.17, 15) is 0 Å². The lowest BCUT2D eigenvalue weighted by Gasteiger charge is -2.04. The predicted molar refractivity (Wildman–Crippen MR) is 45.8 cm³/mol. The van der Waals surface area contributed by atoms with Gasteiger partial charge in [-0.2, -0.15) is 0 Å². The maximum absolute atomic E-state index is 5.62. The van der Waals surface area contributed by atoms with Gasteiger partial charge in [0, 0.05) is 0 Å². The van der Waals surface area contributed by atoms with E-state index in [-0.39, 0.29) is 6.04 Å². The van der Waals surface area contributed by atoms with E-state index in [0.29, 0.717) is 5.69 Å². The summed E-state index contributed by atoms with van der Waals surface area (Å²) in [6.45, 7) is 3.56. The van der Waals surface area contributed by atoms with Gasteiger partial charge in [0.15, 0.2) is 0 Å². The minimum atomic E-state index is -0.199. The normalized spacial score (nSPS) is 12.5. The van der Waals surface area contributed by atoms with Gasteiger partial charge in [-0.3, -0.25) is 4.98 Å². The van der Waals surface area contributed by atoms with Crippen LogP contribution in [0.1, 0.15) is 11.7 Å². The van der Waals surface area contributed by atoms with Crippen LogP contribution in [0.25, 0.3) is 0 Å². The molecule has 0 saturated carbocycles. The number of nitrogens with zero attached hydrogens (tertiary/aromatic N) is 1. The molecule has 58 valence electrons. The molecule has 1 aromatic rings.